The minimum absolute atomic E-state index is 0.0534. The lowest BCUT2D eigenvalue weighted by Crippen LogP contribution is -2.35. The zero-order valence-corrected chi connectivity index (χ0v) is 17.8. The average Bonchev–Trinajstić information content (AvgIpc) is 3.34. The van der Waals surface area contributed by atoms with Crippen LogP contribution in [0.1, 0.15) is 61.8 Å². The van der Waals surface area contributed by atoms with Crippen molar-refractivity contribution in [2.75, 3.05) is 6.54 Å². The number of hydrogen-bond donors (Lipinski definition) is 0. The molecule has 29 heavy (non-hydrogen) atoms. The third kappa shape index (κ3) is 4.15. The number of nitrogens with zero attached hydrogens (tertiary/aromatic N) is 4. The summed E-state index contributed by atoms with van der Waals surface area (Å²) < 4.78 is 2.27. The molecule has 0 radical (unpaired) electrons. The van der Waals surface area contributed by atoms with Crippen LogP contribution in [0.3, 0.4) is 0 Å². The molecule has 5 nitrogen and oxygen atoms in total. The number of carbonyl (C=O) groups excluding carboxylic acids is 1. The molecule has 0 aliphatic heterocycles. The van der Waals surface area contributed by atoms with E-state index in [2.05, 4.69) is 23.4 Å². The van der Waals surface area contributed by atoms with Crippen LogP contribution >= 0.6 is 11.6 Å². The molecule has 1 saturated carbocycles. The highest BCUT2D eigenvalue weighted by Crippen LogP contribution is 2.33. The van der Waals surface area contributed by atoms with Gasteiger partial charge in [-0.05, 0) is 43.0 Å². The van der Waals surface area contributed by atoms with Crippen molar-refractivity contribution < 1.29 is 4.79 Å². The first-order valence-corrected chi connectivity index (χ1v) is 10.8. The number of halogens is 1. The molecule has 6 heteroatoms. The molecule has 1 amide bonds. The number of fused-ring (bicyclic) bond motifs is 1. The third-order valence-electron chi connectivity index (χ3n) is 5.52. The number of carbonyl (C=O) groups is 1. The molecular weight excluding hydrogens is 384 g/mol. The van der Waals surface area contributed by atoms with Gasteiger partial charge in [-0.1, -0.05) is 50.4 Å². The maximum Gasteiger partial charge on any atom is 0.255 e. The van der Waals surface area contributed by atoms with Crippen molar-refractivity contribution >= 4 is 28.7 Å². The summed E-state index contributed by atoms with van der Waals surface area (Å²) >= 11 is 6.32. The summed E-state index contributed by atoms with van der Waals surface area (Å²) in [6.45, 7) is 5.34. The molecule has 1 fully saturated rings. The fourth-order valence-corrected chi connectivity index (χ4v) is 4.49. The lowest BCUT2D eigenvalue weighted by molar-refractivity contribution is 0.0715. The smallest absolute Gasteiger partial charge is 0.255 e. The number of amides is 1. The van der Waals surface area contributed by atoms with Crippen molar-refractivity contribution in [3.05, 3.63) is 59.0 Å². The Morgan fingerprint density at radius 3 is 2.69 bits per heavy atom. The highest BCUT2D eigenvalue weighted by atomic mass is 35.5. The van der Waals surface area contributed by atoms with Crippen molar-refractivity contribution in [3.8, 4) is 0 Å². The summed E-state index contributed by atoms with van der Waals surface area (Å²) in [5.74, 6) is 1.19. The van der Waals surface area contributed by atoms with Gasteiger partial charge in [-0.25, -0.2) is 9.97 Å². The van der Waals surface area contributed by atoms with Gasteiger partial charge in [0.1, 0.15) is 11.3 Å². The predicted octanol–water partition coefficient (Wildman–Crippen LogP) is 5.50. The minimum atomic E-state index is -0.0534. The highest BCUT2D eigenvalue weighted by Gasteiger charge is 2.26. The number of hydrogen-bond acceptors (Lipinski definition) is 3. The number of rotatable bonds is 6. The molecule has 0 unspecified atom stereocenters. The SMILES string of the molecule is CC(C)CN(Cc1nc2cccnc2n1C1CCCC1)C(=O)c1ccccc1Cl. The Labute approximate surface area is 176 Å². The van der Waals surface area contributed by atoms with Gasteiger partial charge < -0.3 is 9.47 Å². The third-order valence-corrected chi connectivity index (χ3v) is 5.85. The van der Waals surface area contributed by atoms with Gasteiger partial charge in [0.15, 0.2) is 5.65 Å². The number of pyridine rings is 1. The van der Waals surface area contributed by atoms with E-state index >= 15 is 0 Å². The van der Waals surface area contributed by atoms with E-state index < -0.39 is 0 Å². The van der Waals surface area contributed by atoms with E-state index in [1.165, 1.54) is 12.8 Å². The van der Waals surface area contributed by atoms with Crippen LogP contribution < -0.4 is 0 Å². The molecule has 2 aromatic heterocycles. The van der Waals surface area contributed by atoms with E-state index in [1.807, 2.05) is 35.4 Å². The average molecular weight is 411 g/mol. The molecule has 4 rings (SSSR count). The molecule has 1 aromatic carbocycles. The van der Waals surface area contributed by atoms with Gasteiger partial charge in [-0.3, -0.25) is 4.79 Å². The molecular formula is C23H27ClN4O. The van der Waals surface area contributed by atoms with Crippen molar-refractivity contribution in [2.24, 2.45) is 5.92 Å². The summed E-state index contributed by atoms with van der Waals surface area (Å²) in [6, 6.07) is 11.6. The normalized spacial score (nSPS) is 14.8. The Morgan fingerprint density at radius 2 is 1.97 bits per heavy atom. The molecule has 1 aliphatic rings. The van der Waals surface area contributed by atoms with Crippen LogP contribution in [0.25, 0.3) is 11.2 Å². The Balaban J connectivity index is 1.72. The second kappa shape index (κ2) is 8.54. The van der Waals surface area contributed by atoms with Gasteiger partial charge in [-0.2, -0.15) is 0 Å². The number of benzene rings is 1. The highest BCUT2D eigenvalue weighted by molar-refractivity contribution is 6.33. The van der Waals surface area contributed by atoms with Crippen LogP contribution in [0, 0.1) is 5.92 Å². The molecule has 0 bridgehead atoms. The minimum Gasteiger partial charge on any atom is -0.331 e. The van der Waals surface area contributed by atoms with Crippen LogP contribution in [0.5, 0.6) is 0 Å². The summed E-state index contributed by atoms with van der Waals surface area (Å²) in [4.78, 5) is 24.7. The first-order chi connectivity index (χ1) is 14.0. The molecule has 1 aliphatic carbocycles. The van der Waals surface area contributed by atoms with Crippen molar-refractivity contribution in [2.45, 2.75) is 52.1 Å². The molecule has 3 aromatic rings. The van der Waals surface area contributed by atoms with E-state index in [4.69, 9.17) is 16.6 Å². The Morgan fingerprint density at radius 1 is 1.21 bits per heavy atom. The molecule has 0 N–H and O–H groups in total. The fourth-order valence-electron chi connectivity index (χ4n) is 4.27. The van der Waals surface area contributed by atoms with Crippen LogP contribution in [0.2, 0.25) is 5.02 Å². The van der Waals surface area contributed by atoms with Crippen LogP contribution in [-0.4, -0.2) is 31.9 Å². The Hall–Kier alpha value is -2.40. The van der Waals surface area contributed by atoms with Crippen molar-refractivity contribution in [1.82, 2.24) is 19.4 Å². The lowest BCUT2D eigenvalue weighted by atomic mass is 10.1. The van der Waals surface area contributed by atoms with Crippen molar-refractivity contribution in [3.63, 3.8) is 0 Å². The zero-order valence-electron chi connectivity index (χ0n) is 17.0. The summed E-state index contributed by atoms with van der Waals surface area (Å²) in [5, 5.41) is 0.484. The summed E-state index contributed by atoms with van der Waals surface area (Å²) in [5.41, 5.74) is 2.35. The quantitative estimate of drug-likeness (QED) is 0.539. The topological polar surface area (TPSA) is 51.0 Å². The van der Waals surface area contributed by atoms with Crippen LogP contribution in [0.4, 0.5) is 0 Å². The molecule has 152 valence electrons. The fraction of sp³-hybridized carbons (Fsp3) is 0.435. The lowest BCUT2D eigenvalue weighted by Gasteiger charge is -2.26. The van der Waals surface area contributed by atoms with Gasteiger partial charge in [0, 0.05) is 18.8 Å². The first kappa shape index (κ1) is 19.9. The van der Waals surface area contributed by atoms with Crippen molar-refractivity contribution in [1.29, 1.82) is 0 Å². The van der Waals surface area contributed by atoms with Crippen LogP contribution in [0.15, 0.2) is 42.6 Å². The Bertz CT molecular complexity index is 1010. The molecule has 0 saturated heterocycles. The Kier molecular flexibility index (Phi) is 5.86. The zero-order chi connectivity index (χ0) is 20.4. The summed E-state index contributed by atoms with van der Waals surface area (Å²) in [7, 11) is 0. The maximum absolute atomic E-state index is 13.3. The standard InChI is InChI=1S/C23H27ClN4O/c1-16(2)14-27(23(29)18-10-5-6-11-19(18)24)15-21-26-20-12-7-13-25-22(20)28(21)17-8-3-4-9-17/h5-7,10-13,16-17H,3-4,8-9,14-15H2,1-2H3. The number of aromatic nitrogens is 3. The van der Waals surface area contributed by atoms with Gasteiger partial charge in [0.2, 0.25) is 0 Å². The first-order valence-electron chi connectivity index (χ1n) is 10.4. The molecule has 2 heterocycles. The van der Waals surface area contributed by atoms with Gasteiger partial charge >= 0.3 is 0 Å². The van der Waals surface area contributed by atoms with E-state index in [9.17, 15) is 4.79 Å². The van der Waals surface area contributed by atoms with Crippen LogP contribution in [-0.2, 0) is 6.54 Å². The van der Waals surface area contributed by atoms with Gasteiger partial charge in [0.25, 0.3) is 5.91 Å². The van der Waals surface area contributed by atoms with E-state index in [0.29, 0.717) is 35.6 Å². The molecule has 0 atom stereocenters. The van der Waals surface area contributed by atoms with E-state index in [0.717, 1.165) is 29.8 Å². The largest absolute Gasteiger partial charge is 0.331 e. The van der Waals surface area contributed by atoms with Gasteiger partial charge in [-0.15, -0.1) is 0 Å². The predicted molar refractivity (Wildman–Crippen MR) is 116 cm³/mol. The monoisotopic (exact) mass is 410 g/mol. The van der Waals surface area contributed by atoms with Gasteiger partial charge in [0.05, 0.1) is 17.1 Å². The second-order valence-corrected chi connectivity index (χ2v) is 8.65. The molecule has 0 spiro atoms. The summed E-state index contributed by atoms with van der Waals surface area (Å²) in [6.07, 6.45) is 6.55. The van der Waals surface area contributed by atoms with E-state index in [1.54, 1.807) is 12.1 Å². The number of imidazole rings is 1. The second-order valence-electron chi connectivity index (χ2n) is 8.24. The van der Waals surface area contributed by atoms with E-state index in [-0.39, 0.29) is 5.91 Å². The maximum atomic E-state index is 13.3.